The molecule has 0 aliphatic carbocycles. The lowest BCUT2D eigenvalue weighted by Gasteiger charge is -2.03. The second-order valence-electron chi connectivity index (χ2n) is 2.41. The Hall–Kier alpha value is -1.09. The highest BCUT2D eigenvalue weighted by Crippen LogP contribution is 1.98. The molecule has 0 bridgehead atoms. The highest BCUT2D eigenvalue weighted by Gasteiger charge is 1.89. The normalized spacial score (nSPS) is 9.75. The minimum Gasteiger partial charge on any atom is -0.385 e. The highest BCUT2D eigenvalue weighted by molar-refractivity contribution is 5.32. The molecule has 0 aliphatic heterocycles. The van der Waals surface area contributed by atoms with Gasteiger partial charge >= 0.3 is 0 Å². The maximum atomic E-state index is 4.91. The van der Waals surface area contributed by atoms with Gasteiger partial charge in [0.2, 0.25) is 0 Å². The SMILES string of the molecule is COCCCNc1c[c]ccn1. The fraction of sp³-hybridized carbons (Fsp3) is 0.444. The molecule has 0 spiro atoms. The van der Waals surface area contributed by atoms with Crippen LogP contribution in [0.5, 0.6) is 0 Å². The largest absolute Gasteiger partial charge is 0.385 e. The van der Waals surface area contributed by atoms with Crippen LogP contribution in [0, 0.1) is 6.07 Å². The van der Waals surface area contributed by atoms with Crippen LogP contribution in [-0.4, -0.2) is 25.2 Å². The van der Waals surface area contributed by atoms with Crippen LogP contribution in [0.1, 0.15) is 6.42 Å². The summed E-state index contributed by atoms with van der Waals surface area (Å²) in [7, 11) is 1.70. The summed E-state index contributed by atoms with van der Waals surface area (Å²) in [6, 6.07) is 6.55. The number of anilines is 1. The van der Waals surface area contributed by atoms with E-state index in [2.05, 4.69) is 16.4 Å². The molecular weight excluding hydrogens is 152 g/mol. The summed E-state index contributed by atoms with van der Waals surface area (Å²) in [5, 5.41) is 3.16. The van der Waals surface area contributed by atoms with Gasteiger partial charge in [0.05, 0.1) is 0 Å². The molecule has 0 amide bonds. The molecule has 0 aliphatic rings. The number of ether oxygens (including phenoxy) is 1. The summed E-state index contributed by atoms with van der Waals surface area (Å²) in [6.07, 6.45) is 2.71. The van der Waals surface area contributed by atoms with Crippen molar-refractivity contribution in [2.45, 2.75) is 6.42 Å². The Labute approximate surface area is 72.8 Å². The maximum Gasteiger partial charge on any atom is 0.126 e. The molecule has 1 aromatic rings. The van der Waals surface area contributed by atoms with Crippen molar-refractivity contribution in [1.82, 2.24) is 4.98 Å². The third-order valence-electron chi connectivity index (χ3n) is 1.44. The van der Waals surface area contributed by atoms with Gasteiger partial charge in [0.15, 0.2) is 0 Å². The summed E-state index contributed by atoms with van der Waals surface area (Å²) in [4.78, 5) is 4.09. The average molecular weight is 165 g/mol. The van der Waals surface area contributed by atoms with Gasteiger partial charge in [0.1, 0.15) is 5.82 Å². The molecular formula is C9H13N2O. The number of rotatable bonds is 5. The molecule has 0 atom stereocenters. The van der Waals surface area contributed by atoms with Gasteiger partial charge in [-0.1, -0.05) is 0 Å². The van der Waals surface area contributed by atoms with Crippen molar-refractivity contribution in [2.24, 2.45) is 0 Å². The topological polar surface area (TPSA) is 34.1 Å². The Kier molecular flexibility index (Phi) is 4.16. The minimum atomic E-state index is 0.781. The summed E-state index contributed by atoms with van der Waals surface area (Å²) in [6.45, 7) is 1.67. The van der Waals surface area contributed by atoms with Gasteiger partial charge in [-0.2, -0.15) is 0 Å². The van der Waals surface area contributed by atoms with E-state index in [9.17, 15) is 0 Å². The predicted molar refractivity (Wildman–Crippen MR) is 48.1 cm³/mol. The van der Waals surface area contributed by atoms with Crippen LogP contribution in [0.15, 0.2) is 18.3 Å². The quantitative estimate of drug-likeness (QED) is 0.668. The number of nitrogens with one attached hydrogen (secondary N) is 1. The number of methoxy groups -OCH3 is 1. The van der Waals surface area contributed by atoms with Gasteiger partial charge in [-0.25, -0.2) is 4.98 Å². The molecule has 1 rings (SSSR count). The fourth-order valence-electron chi connectivity index (χ4n) is 0.855. The second-order valence-corrected chi connectivity index (χ2v) is 2.41. The first-order valence-corrected chi connectivity index (χ1v) is 3.98. The Bertz CT molecular complexity index is 201. The van der Waals surface area contributed by atoms with E-state index in [1.165, 1.54) is 0 Å². The van der Waals surface area contributed by atoms with Gasteiger partial charge in [0, 0.05) is 26.5 Å². The van der Waals surface area contributed by atoms with Crippen LogP contribution in [0.4, 0.5) is 5.82 Å². The Balaban J connectivity index is 2.16. The van der Waals surface area contributed by atoms with E-state index in [1.54, 1.807) is 19.4 Å². The Morgan fingerprint density at radius 1 is 1.67 bits per heavy atom. The van der Waals surface area contributed by atoms with Crippen LogP contribution in [-0.2, 0) is 4.74 Å². The standard InChI is InChI=1S/C9H13N2O/c1-12-8-4-7-11-9-5-2-3-6-10-9/h3,5-6H,4,7-8H2,1H3,(H,10,11). The van der Waals surface area contributed by atoms with Crippen molar-refractivity contribution < 1.29 is 4.74 Å². The van der Waals surface area contributed by atoms with E-state index in [1.807, 2.05) is 6.07 Å². The average Bonchev–Trinajstić information content (AvgIpc) is 2.14. The Morgan fingerprint density at radius 2 is 2.58 bits per heavy atom. The zero-order valence-electron chi connectivity index (χ0n) is 7.21. The van der Waals surface area contributed by atoms with Gasteiger partial charge in [-0.15, -0.1) is 0 Å². The first kappa shape index (κ1) is 9.00. The van der Waals surface area contributed by atoms with Crippen LogP contribution < -0.4 is 5.32 Å². The molecule has 1 radical (unpaired) electrons. The first-order valence-electron chi connectivity index (χ1n) is 3.98. The highest BCUT2D eigenvalue weighted by atomic mass is 16.5. The van der Waals surface area contributed by atoms with E-state index in [0.717, 1.165) is 25.4 Å². The molecule has 0 saturated carbocycles. The maximum absolute atomic E-state index is 4.91. The van der Waals surface area contributed by atoms with Crippen molar-refractivity contribution in [3.8, 4) is 0 Å². The molecule has 0 unspecified atom stereocenters. The van der Waals surface area contributed by atoms with E-state index >= 15 is 0 Å². The lowest BCUT2D eigenvalue weighted by Crippen LogP contribution is -2.05. The number of hydrogen-bond acceptors (Lipinski definition) is 3. The van der Waals surface area contributed by atoms with Crippen molar-refractivity contribution >= 4 is 5.82 Å². The number of pyridine rings is 1. The van der Waals surface area contributed by atoms with Crippen molar-refractivity contribution in [3.63, 3.8) is 0 Å². The van der Waals surface area contributed by atoms with Crippen LogP contribution >= 0.6 is 0 Å². The summed E-state index contributed by atoms with van der Waals surface area (Å²) in [5.41, 5.74) is 0. The smallest absolute Gasteiger partial charge is 0.126 e. The van der Waals surface area contributed by atoms with Crippen LogP contribution in [0.3, 0.4) is 0 Å². The predicted octanol–water partition coefficient (Wildman–Crippen LogP) is 1.33. The zero-order valence-corrected chi connectivity index (χ0v) is 7.21. The molecule has 1 heterocycles. The molecule has 3 nitrogen and oxygen atoms in total. The summed E-state index contributed by atoms with van der Waals surface area (Å²) < 4.78 is 4.91. The molecule has 3 heteroatoms. The van der Waals surface area contributed by atoms with Gasteiger partial charge in [-0.05, 0) is 24.6 Å². The molecule has 0 aromatic carbocycles. The van der Waals surface area contributed by atoms with Gasteiger partial charge in [0.25, 0.3) is 0 Å². The van der Waals surface area contributed by atoms with Crippen LogP contribution in [0.25, 0.3) is 0 Å². The summed E-state index contributed by atoms with van der Waals surface area (Å²) in [5.74, 6) is 0.869. The number of aromatic nitrogens is 1. The fourth-order valence-corrected chi connectivity index (χ4v) is 0.855. The Morgan fingerprint density at radius 3 is 3.25 bits per heavy atom. The zero-order chi connectivity index (χ0) is 8.65. The van der Waals surface area contributed by atoms with Crippen molar-refractivity contribution in [2.75, 3.05) is 25.6 Å². The minimum absolute atomic E-state index is 0.781. The second kappa shape index (κ2) is 5.55. The van der Waals surface area contributed by atoms with Gasteiger partial charge in [-0.3, -0.25) is 0 Å². The third-order valence-corrected chi connectivity index (χ3v) is 1.44. The van der Waals surface area contributed by atoms with Crippen LogP contribution in [0.2, 0.25) is 0 Å². The van der Waals surface area contributed by atoms with E-state index in [4.69, 9.17) is 4.74 Å². The van der Waals surface area contributed by atoms with Crippen molar-refractivity contribution in [1.29, 1.82) is 0 Å². The van der Waals surface area contributed by atoms with Gasteiger partial charge < -0.3 is 10.1 Å². The molecule has 12 heavy (non-hydrogen) atoms. The van der Waals surface area contributed by atoms with E-state index < -0.39 is 0 Å². The van der Waals surface area contributed by atoms with E-state index in [0.29, 0.717) is 0 Å². The molecule has 65 valence electrons. The first-order chi connectivity index (χ1) is 5.93. The number of nitrogens with zero attached hydrogens (tertiary/aromatic N) is 1. The lowest BCUT2D eigenvalue weighted by atomic mass is 10.4. The third kappa shape index (κ3) is 3.34. The molecule has 0 fully saturated rings. The number of hydrogen-bond donors (Lipinski definition) is 1. The van der Waals surface area contributed by atoms with Crippen molar-refractivity contribution in [3.05, 3.63) is 24.4 Å². The summed E-state index contributed by atoms with van der Waals surface area (Å²) >= 11 is 0. The molecule has 0 saturated heterocycles. The monoisotopic (exact) mass is 165 g/mol. The molecule has 1 aromatic heterocycles. The van der Waals surface area contributed by atoms with E-state index in [-0.39, 0.29) is 0 Å². The molecule has 1 N–H and O–H groups in total. The lowest BCUT2D eigenvalue weighted by molar-refractivity contribution is 0.198.